The second-order valence-electron chi connectivity index (χ2n) is 5.97. The molecule has 1 aliphatic rings. The van der Waals surface area contributed by atoms with E-state index in [0.29, 0.717) is 0 Å². The smallest absolute Gasteiger partial charge is 0.123 e. The molecule has 1 aliphatic heterocycles. The Labute approximate surface area is 131 Å². The van der Waals surface area contributed by atoms with E-state index in [1.165, 1.54) is 17.7 Å². The van der Waals surface area contributed by atoms with Crippen LogP contribution in [0.25, 0.3) is 0 Å². The number of ether oxygens (including phenoxy) is 1. The summed E-state index contributed by atoms with van der Waals surface area (Å²) >= 11 is 0. The minimum Gasteiger partial charge on any atom is -0.373 e. The van der Waals surface area contributed by atoms with Gasteiger partial charge in [-0.1, -0.05) is 42.5 Å². The molecule has 0 spiro atoms. The predicted octanol–water partition coefficient (Wildman–Crippen LogP) is 3.96. The molecule has 22 heavy (non-hydrogen) atoms. The van der Waals surface area contributed by atoms with E-state index in [1.54, 1.807) is 7.11 Å². The van der Waals surface area contributed by atoms with Crippen LogP contribution in [-0.2, 0) is 16.9 Å². The first-order chi connectivity index (χ1) is 10.7. The number of rotatable bonds is 4. The second kappa shape index (κ2) is 6.59. The highest BCUT2D eigenvalue weighted by Crippen LogP contribution is 2.36. The lowest BCUT2D eigenvalue weighted by Gasteiger charge is -2.41. The minimum atomic E-state index is -0.277. The maximum atomic E-state index is 13.1. The van der Waals surface area contributed by atoms with Crippen LogP contribution < -0.4 is 0 Å². The number of likely N-dealkylation sites (tertiary alicyclic amines) is 1. The van der Waals surface area contributed by atoms with E-state index >= 15 is 0 Å². The summed E-state index contributed by atoms with van der Waals surface area (Å²) in [7, 11) is 1.76. The van der Waals surface area contributed by atoms with E-state index in [9.17, 15) is 4.39 Å². The zero-order valence-electron chi connectivity index (χ0n) is 13.0. The summed E-state index contributed by atoms with van der Waals surface area (Å²) in [6.45, 7) is 2.95. The highest BCUT2D eigenvalue weighted by atomic mass is 19.1. The van der Waals surface area contributed by atoms with E-state index < -0.39 is 0 Å². The normalized spacial score (nSPS) is 18.3. The van der Waals surface area contributed by atoms with Crippen molar-refractivity contribution in [2.45, 2.75) is 25.0 Å². The Morgan fingerprint density at radius 1 is 1.00 bits per heavy atom. The van der Waals surface area contributed by atoms with Crippen molar-refractivity contribution in [2.75, 3.05) is 20.2 Å². The van der Waals surface area contributed by atoms with Gasteiger partial charge in [-0.2, -0.15) is 0 Å². The summed E-state index contributed by atoms with van der Waals surface area (Å²) in [6.07, 6.45) is 1.87. The Morgan fingerprint density at radius 2 is 1.64 bits per heavy atom. The largest absolute Gasteiger partial charge is 0.373 e. The summed E-state index contributed by atoms with van der Waals surface area (Å²) in [5, 5.41) is 0. The van der Waals surface area contributed by atoms with Crippen molar-refractivity contribution in [3.63, 3.8) is 0 Å². The van der Waals surface area contributed by atoms with Crippen molar-refractivity contribution in [3.8, 4) is 0 Å². The van der Waals surface area contributed by atoms with E-state index in [0.717, 1.165) is 38.0 Å². The number of halogens is 1. The quantitative estimate of drug-likeness (QED) is 0.847. The van der Waals surface area contributed by atoms with Crippen LogP contribution in [0.1, 0.15) is 24.0 Å². The summed E-state index contributed by atoms with van der Waals surface area (Å²) in [5.41, 5.74) is 2.14. The lowest BCUT2D eigenvalue weighted by Crippen LogP contribution is -2.43. The maximum Gasteiger partial charge on any atom is 0.123 e. The van der Waals surface area contributed by atoms with Crippen molar-refractivity contribution in [1.29, 1.82) is 0 Å². The first-order valence-electron chi connectivity index (χ1n) is 7.79. The van der Waals surface area contributed by atoms with Gasteiger partial charge in [0.15, 0.2) is 0 Å². The molecule has 0 unspecified atom stereocenters. The number of hydrogen-bond acceptors (Lipinski definition) is 2. The molecule has 0 saturated carbocycles. The fourth-order valence-corrected chi connectivity index (χ4v) is 3.28. The van der Waals surface area contributed by atoms with E-state index in [-0.39, 0.29) is 11.4 Å². The van der Waals surface area contributed by atoms with Gasteiger partial charge in [0, 0.05) is 26.7 Å². The average Bonchev–Trinajstić information content (AvgIpc) is 2.57. The lowest BCUT2D eigenvalue weighted by atomic mass is 9.84. The maximum absolute atomic E-state index is 13.1. The molecule has 1 heterocycles. The molecular weight excluding hydrogens is 277 g/mol. The highest BCUT2D eigenvalue weighted by Gasteiger charge is 2.36. The van der Waals surface area contributed by atoms with Crippen LogP contribution in [0, 0.1) is 5.82 Å². The van der Waals surface area contributed by atoms with Gasteiger partial charge in [0.2, 0.25) is 0 Å². The van der Waals surface area contributed by atoms with Gasteiger partial charge in [0.25, 0.3) is 0 Å². The van der Waals surface area contributed by atoms with Gasteiger partial charge in [0.05, 0.1) is 5.60 Å². The fourth-order valence-electron chi connectivity index (χ4n) is 3.28. The highest BCUT2D eigenvalue weighted by molar-refractivity contribution is 5.24. The van der Waals surface area contributed by atoms with Crippen LogP contribution >= 0.6 is 0 Å². The third-order valence-corrected chi connectivity index (χ3v) is 4.67. The Morgan fingerprint density at radius 3 is 2.23 bits per heavy atom. The molecule has 0 bridgehead atoms. The van der Waals surface area contributed by atoms with Gasteiger partial charge >= 0.3 is 0 Å². The number of hydrogen-bond donors (Lipinski definition) is 0. The molecule has 1 saturated heterocycles. The van der Waals surface area contributed by atoms with Crippen molar-refractivity contribution in [2.24, 2.45) is 0 Å². The third-order valence-electron chi connectivity index (χ3n) is 4.67. The minimum absolute atomic E-state index is 0.198. The van der Waals surface area contributed by atoms with Gasteiger partial charge in [-0.25, -0.2) is 4.39 Å². The molecule has 3 rings (SSSR count). The number of piperidine rings is 1. The predicted molar refractivity (Wildman–Crippen MR) is 86.0 cm³/mol. The molecular formula is C19H22FNO. The molecule has 2 aromatic rings. The Balaban J connectivity index is 1.67. The molecule has 2 aromatic carbocycles. The van der Waals surface area contributed by atoms with Crippen molar-refractivity contribution in [3.05, 3.63) is 71.5 Å². The van der Waals surface area contributed by atoms with E-state index in [2.05, 4.69) is 29.2 Å². The summed E-state index contributed by atoms with van der Waals surface area (Å²) in [4.78, 5) is 2.45. The van der Waals surface area contributed by atoms with Crippen LogP contribution in [0.4, 0.5) is 4.39 Å². The molecule has 1 fully saturated rings. The molecule has 3 heteroatoms. The molecule has 2 nitrogen and oxygen atoms in total. The van der Waals surface area contributed by atoms with Gasteiger partial charge in [-0.05, 0) is 36.1 Å². The van der Waals surface area contributed by atoms with Crippen LogP contribution in [-0.4, -0.2) is 25.1 Å². The van der Waals surface area contributed by atoms with Gasteiger partial charge in [-0.3, -0.25) is 4.90 Å². The fraction of sp³-hybridized carbons (Fsp3) is 0.368. The lowest BCUT2D eigenvalue weighted by molar-refractivity contribution is -0.0638. The van der Waals surface area contributed by atoms with Crippen molar-refractivity contribution >= 4 is 0 Å². The number of methoxy groups -OCH3 is 1. The average molecular weight is 299 g/mol. The third kappa shape index (κ3) is 3.21. The first kappa shape index (κ1) is 15.2. The molecule has 0 radical (unpaired) electrons. The Bertz CT molecular complexity index is 589. The molecule has 0 aliphatic carbocycles. The van der Waals surface area contributed by atoms with Crippen LogP contribution in [0.5, 0.6) is 0 Å². The van der Waals surface area contributed by atoms with Gasteiger partial charge in [-0.15, -0.1) is 0 Å². The molecule has 0 atom stereocenters. The van der Waals surface area contributed by atoms with Crippen molar-refractivity contribution in [1.82, 2.24) is 4.90 Å². The van der Waals surface area contributed by atoms with Gasteiger partial charge in [0.1, 0.15) is 5.82 Å². The standard InChI is InChI=1S/C19H22FNO/c1-22-19(17-7-9-18(20)10-8-17)11-13-21(14-12-19)15-16-5-3-2-4-6-16/h2-10H,11-15H2,1H3. The summed E-state index contributed by atoms with van der Waals surface area (Å²) < 4.78 is 19.0. The zero-order valence-corrected chi connectivity index (χ0v) is 13.0. The van der Waals surface area contributed by atoms with E-state index in [4.69, 9.17) is 4.74 Å². The van der Waals surface area contributed by atoms with Crippen LogP contribution in [0.3, 0.4) is 0 Å². The Hall–Kier alpha value is -1.71. The monoisotopic (exact) mass is 299 g/mol. The molecule has 0 N–H and O–H groups in total. The second-order valence-corrected chi connectivity index (χ2v) is 5.97. The van der Waals surface area contributed by atoms with Crippen LogP contribution in [0.2, 0.25) is 0 Å². The number of benzene rings is 2. The summed E-state index contributed by atoms with van der Waals surface area (Å²) in [5.74, 6) is -0.198. The van der Waals surface area contributed by atoms with Gasteiger partial charge < -0.3 is 4.74 Å². The SMILES string of the molecule is COC1(c2ccc(F)cc2)CCN(Cc2ccccc2)CC1. The zero-order chi connectivity index (χ0) is 15.4. The topological polar surface area (TPSA) is 12.5 Å². The molecule has 0 aromatic heterocycles. The van der Waals surface area contributed by atoms with Crippen molar-refractivity contribution < 1.29 is 9.13 Å². The number of nitrogens with zero attached hydrogens (tertiary/aromatic N) is 1. The Kier molecular flexibility index (Phi) is 4.55. The van der Waals surface area contributed by atoms with Crippen LogP contribution in [0.15, 0.2) is 54.6 Å². The first-order valence-corrected chi connectivity index (χ1v) is 7.79. The molecule has 116 valence electrons. The van der Waals surface area contributed by atoms with E-state index in [1.807, 2.05) is 18.2 Å². The molecule has 0 amide bonds. The summed E-state index contributed by atoms with van der Waals surface area (Å²) in [6, 6.07) is 17.3.